The second kappa shape index (κ2) is 3.38. The number of rotatable bonds is 2. The highest BCUT2D eigenvalue weighted by Gasteiger charge is 2.29. The molecule has 12 heavy (non-hydrogen) atoms. The standard InChI is InChI=1S/C8H12N2O2/c1-3-4-5(2)6-7(11)10-8(12)9-6/h4,6H,3H2,1-2H3,(H2,9,10,11,12)/b5-4+. The maximum absolute atomic E-state index is 11.1. The van der Waals surface area contributed by atoms with Gasteiger partial charge in [-0.2, -0.15) is 0 Å². The van der Waals surface area contributed by atoms with Crippen LogP contribution in [0.2, 0.25) is 0 Å². The summed E-state index contributed by atoms with van der Waals surface area (Å²) in [5.74, 6) is -0.262. The van der Waals surface area contributed by atoms with Crippen LogP contribution in [0.25, 0.3) is 0 Å². The zero-order chi connectivity index (χ0) is 9.14. The van der Waals surface area contributed by atoms with Crippen LogP contribution in [0, 0.1) is 0 Å². The van der Waals surface area contributed by atoms with Crippen molar-refractivity contribution in [2.24, 2.45) is 0 Å². The van der Waals surface area contributed by atoms with Crippen LogP contribution in [0.4, 0.5) is 4.79 Å². The van der Waals surface area contributed by atoms with E-state index in [0.29, 0.717) is 0 Å². The van der Waals surface area contributed by atoms with Crippen LogP contribution < -0.4 is 10.6 Å². The molecule has 0 saturated carbocycles. The van der Waals surface area contributed by atoms with E-state index in [9.17, 15) is 9.59 Å². The van der Waals surface area contributed by atoms with Gasteiger partial charge in [0.15, 0.2) is 0 Å². The molecule has 1 unspecified atom stereocenters. The third-order valence-electron chi connectivity index (χ3n) is 1.76. The molecule has 1 atom stereocenters. The highest BCUT2D eigenvalue weighted by Crippen LogP contribution is 2.06. The Morgan fingerprint density at radius 3 is 2.67 bits per heavy atom. The smallest absolute Gasteiger partial charge is 0.322 e. The van der Waals surface area contributed by atoms with Gasteiger partial charge < -0.3 is 5.32 Å². The van der Waals surface area contributed by atoms with Gasteiger partial charge in [-0.15, -0.1) is 0 Å². The summed E-state index contributed by atoms with van der Waals surface area (Å²) in [4.78, 5) is 21.8. The molecule has 0 spiro atoms. The minimum absolute atomic E-state index is 0.262. The van der Waals surface area contributed by atoms with Crippen molar-refractivity contribution in [1.82, 2.24) is 10.6 Å². The van der Waals surface area contributed by atoms with Crippen molar-refractivity contribution >= 4 is 11.9 Å². The molecular weight excluding hydrogens is 156 g/mol. The zero-order valence-electron chi connectivity index (χ0n) is 7.18. The number of imide groups is 1. The Hall–Kier alpha value is -1.32. The van der Waals surface area contributed by atoms with Gasteiger partial charge in [0.2, 0.25) is 0 Å². The van der Waals surface area contributed by atoms with Crippen molar-refractivity contribution in [3.05, 3.63) is 11.6 Å². The van der Waals surface area contributed by atoms with Crippen LogP contribution in [-0.4, -0.2) is 18.0 Å². The van der Waals surface area contributed by atoms with Crippen LogP contribution in [-0.2, 0) is 4.79 Å². The van der Waals surface area contributed by atoms with Gasteiger partial charge in [-0.3, -0.25) is 10.1 Å². The summed E-state index contributed by atoms with van der Waals surface area (Å²) in [6.07, 6.45) is 2.79. The Morgan fingerprint density at radius 1 is 1.58 bits per heavy atom. The fourth-order valence-corrected chi connectivity index (χ4v) is 1.18. The van der Waals surface area contributed by atoms with Gasteiger partial charge in [-0.25, -0.2) is 4.79 Å². The molecule has 0 radical (unpaired) electrons. The number of carbonyl (C=O) groups excluding carboxylic acids is 2. The first-order chi connectivity index (χ1) is 5.65. The lowest BCUT2D eigenvalue weighted by Gasteiger charge is -2.06. The third kappa shape index (κ3) is 1.64. The Labute approximate surface area is 71.0 Å². The van der Waals surface area contributed by atoms with Crippen LogP contribution >= 0.6 is 0 Å². The fourth-order valence-electron chi connectivity index (χ4n) is 1.18. The van der Waals surface area contributed by atoms with Gasteiger partial charge in [-0.05, 0) is 18.9 Å². The number of urea groups is 1. The van der Waals surface area contributed by atoms with Crippen molar-refractivity contribution in [1.29, 1.82) is 0 Å². The van der Waals surface area contributed by atoms with Crippen molar-refractivity contribution in [3.63, 3.8) is 0 Å². The molecule has 4 heteroatoms. The second-order valence-corrected chi connectivity index (χ2v) is 2.75. The first-order valence-electron chi connectivity index (χ1n) is 3.93. The summed E-state index contributed by atoms with van der Waals surface area (Å²) in [5, 5.41) is 4.70. The summed E-state index contributed by atoms with van der Waals surface area (Å²) in [7, 11) is 0. The lowest BCUT2D eigenvalue weighted by Crippen LogP contribution is -2.29. The number of hydrogen-bond donors (Lipinski definition) is 2. The molecule has 0 aromatic heterocycles. The Balaban J connectivity index is 2.70. The average Bonchev–Trinajstić information content (AvgIpc) is 2.30. The van der Waals surface area contributed by atoms with E-state index in [2.05, 4.69) is 10.6 Å². The lowest BCUT2D eigenvalue weighted by atomic mass is 10.1. The topological polar surface area (TPSA) is 58.2 Å². The molecule has 0 aromatic carbocycles. The molecule has 0 aliphatic carbocycles. The number of allylic oxidation sites excluding steroid dienone is 1. The molecular formula is C8H12N2O2. The molecule has 1 aliphatic rings. The summed E-state index contributed by atoms with van der Waals surface area (Å²) < 4.78 is 0. The average molecular weight is 168 g/mol. The zero-order valence-corrected chi connectivity index (χ0v) is 7.18. The predicted octanol–water partition coefficient (Wildman–Crippen LogP) is 0.551. The molecule has 0 bridgehead atoms. The monoisotopic (exact) mass is 168 g/mol. The van der Waals surface area contributed by atoms with Crippen molar-refractivity contribution in [2.75, 3.05) is 0 Å². The largest absolute Gasteiger partial charge is 0.322 e. The molecule has 66 valence electrons. The minimum atomic E-state index is -0.461. The maximum atomic E-state index is 11.1. The summed E-state index contributed by atoms with van der Waals surface area (Å²) in [5.41, 5.74) is 0.890. The first kappa shape index (κ1) is 8.77. The van der Waals surface area contributed by atoms with E-state index in [0.717, 1.165) is 12.0 Å². The maximum Gasteiger partial charge on any atom is 0.322 e. The van der Waals surface area contributed by atoms with Gasteiger partial charge in [0.05, 0.1) is 0 Å². The SMILES string of the molecule is CC/C=C(\C)C1NC(=O)NC1=O. The van der Waals surface area contributed by atoms with E-state index in [1.807, 2.05) is 19.9 Å². The molecule has 1 fully saturated rings. The van der Waals surface area contributed by atoms with E-state index in [4.69, 9.17) is 0 Å². The summed E-state index contributed by atoms with van der Waals surface area (Å²) >= 11 is 0. The molecule has 1 heterocycles. The predicted molar refractivity (Wildman–Crippen MR) is 44.5 cm³/mol. The molecule has 1 saturated heterocycles. The fraction of sp³-hybridized carbons (Fsp3) is 0.500. The van der Waals surface area contributed by atoms with E-state index < -0.39 is 12.1 Å². The second-order valence-electron chi connectivity index (χ2n) is 2.75. The van der Waals surface area contributed by atoms with Gasteiger partial charge in [-0.1, -0.05) is 13.0 Å². The van der Waals surface area contributed by atoms with Gasteiger partial charge in [0.1, 0.15) is 6.04 Å². The van der Waals surface area contributed by atoms with Crippen LogP contribution in [0.5, 0.6) is 0 Å². The number of carbonyl (C=O) groups is 2. The van der Waals surface area contributed by atoms with Gasteiger partial charge >= 0.3 is 6.03 Å². The number of nitrogens with one attached hydrogen (secondary N) is 2. The molecule has 3 amide bonds. The number of hydrogen-bond acceptors (Lipinski definition) is 2. The Bertz CT molecular complexity index is 245. The third-order valence-corrected chi connectivity index (χ3v) is 1.76. The molecule has 2 N–H and O–H groups in total. The number of amides is 3. The van der Waals surface area contributed by atoms with Crippen molar-refractivity contribution in [2.45, 2.75) is 26.3 Å². The van der Waals surface area contributed by atoms with Crippen LogP contribution in [0.1, 0.15) is 20.3 Å². The molecule has 0 aromatic rings. The van der Waals surface area contributed by atoms with E-state index in [1.54, 1.807) is 0 Å². The van der Waals surface area contributed by atoms with E-state index >= 15 is 0 Å². The Kier molecular flexibility index (Phi) is 2.47. The normalized spacial score (nSPS) is 23.8. The summed E-state index contributed by atoms with van der Waals surface area (Å²) in [6, 6.07) is -0.869. The highest BCUT2D eigenvalue weighted by atomic mass is 16.2. The van der Waals surface area contributed by atoms with Crippen LogP contribution in [0.3, 0.4) is 0 Å². The van der Waals surface area contributed by atoms with E-state index in [-0.39, 0.29) is 5.91 Å². The van der Waals surface area contributed by atoms with Crippen molar-refractivity contribution in [3.8, 4) is 0 Å². The lowest BCUT2D eigenvalue weighted by molar-refractivity contribution is -0.119. The van der Waals surface area contributed by atoms with Crippen LogP contribution in [0.15, 0.2) is 11.6 Å². The van der Waals surface area contributed by atoms with Crippen molar-refractivity contribution < 1.29 is 9.59 Å². The Morgan fingerprint density at radius 2 is 2.25 bits per heavy atom. The summed E-state index contributed by atoms with van der Waals surface area (Å²) in [6.45, 7) is 3.82. The minimum Gasteiger partial charge on any atom is -0.322 e. The molecule has 4 nitrogen and oxygen atoms in total. The molecule has 1 aliphatic heterocycles. The first-order valence-corrected chi connectivity index (χ1v) is 3.93. The van der Waals surface area contributed by atoms with Gasteiger partial charge in [0.25, 0.3) is 5.91 Å². The van der Waals surface area contributed by atoms with E-state index in [1.165, 1.54) is 0 Å². The quantitative estimate of drug-likeness (QED) is 0.467. The van der Waals surface area contributed by atoms with Gasteiger partial charge in [0, 0.05) is 0 Å². The highest BCUT2D eigenvalue weighted by molar-refractivity contribution is 6.05. The molecule has 1 rings (SSSR count).